The van der Waals surface area contributed by atoms with Gasteiger partial charge in [0, 0.05) is 11.3 Å². The van der Waals surface area contributed by atoms with Gasteiger partial charge in [0.05, 0.1) is 10.0 Å². The molecule has 25 heavy (non-hydrogen) atoms. The van der Waals surface area contributed by atoms with Gasteiger partial charge in [-0.05, 0) is 61.5 Å². The number of rotatable bonds is 4. The number of ether oxygens (including phenoxy) is 1. The highest BCUT2D eigenvalue weighted by Crippen LogP contribution is 2.26. The number of benzene rings is 3. The monoisotopic (exact) mass is 371 g/mol. The second kappa shape index (κ2) is 7.60. The van der Waals surface area contributed by atoms with Gasteiger partial charge in [-0.15, -0.1) is 0 Å². The van der Waals surface area contributed by atoms with Crippen molar-refractivity contribution in [1.82, 2.24) is 0 Å². The smallest absolute Gasteiger partial charge is 0.255 e. The van der Waals surface area contributed by atoms with E-state index in [1.54, 1.807) is 42.5 Å². The van der Waals surface area contributed by atoms with E-state index in [1.807, 2.05) is 31.2 Å². The Balaban J connectivity index is 1.67. The van der Waals surface area contributed by atoms with Crippen LogP contribution >= 0.6 is 23.2 Å². The number of aryl methyl sites for hydroxylation is 1. The van der Waals surface area contributed by atoms with Crippen LogP contribution in [0.15, 0.2) is 66.7 Å². The highest BCUT2D eigenvalue weighted by atomic mass is 35.5. The van der Waals surface area contributed by atoms with Crippen LogP contribution in [0.4, 0.5) is 5.69 Å². The fourth-order valence-electron chi connectivity index (χ4n) is 2.19. The van der Waals surface area contributed by atoms with E-state index in [0.717, 1.165) is 5.75 Å². The lowest BCUT2D eigenvalue weighted by Crippen LogP contribution is -2.11. The lowest BCUT2D eigenvalue weighted by Gasteiger charge is -2.08. The largest absolute Gasteiger partial charge is 0.457 e. The Labute approximate surface area is 156 Å². The molecule has 0 aliphatic carbocycles. The fraction of sp³-hybridized carbons (Fsp3) is 0.0500. The Morgan fingerprint density at radius 2 is 1.44 bits per heavy atom. The third-order valence-electron chi connectivity index (χ3n) is 3.55. The van der Waals surface area contributed by atoms with Gasteiger partial charge >= 0.3 is 0 Å². The molecule has 1 N–H and O–H groups in total. The van der Waals surface area contributed by atoms with Crippen LogP contribution in [0.2, 0.25) is 10.0 Å². The highest BCUT2D eigenvalue weighted by molar-refractivity contribution is 6.42. The summed E-state index contributed by atoms with van der Waals surface area (Å²) in [5.74, 6) is 1.17. The molecule has 3 aromatic carbocycles. The van der Waals surface area contributed by atoms with E-state index in [0.29, 0.717) is 27.0 Å². The second-order valence-corrected chi connectivity index (χ2v) is 6.34. The average molecular weight is 372 g/mol. The molecule has 0 saturated carbocycles. The molecule has 3 nitrogen and oxygen atoms in total. The molecule has 0 aliphatic heterocycles. The van der Waals surface area contributed by atoms with E-state index in [1.165, 1.54) is 5.56 Å². The highest BCUT2D eigenvalue weighted by Gasteiger charge is 2.08. The predicted molar refractivity (Wildman–Crippen MR) is 102 cm³/mol. The second-order valence-electron chi connectivity index (χ2n) is 5.52. The van der Waals surface area contributed by atoms with Crippen LogP contribution < -0.4 is 10.1 Å². The Hall–Kier alpha value is -2.49. The van der Waals surface area contributed by atoms with Gasteiger partial charge in [0.1, 0.15) is 11.5 Å². The van der Waals surface area contributed by atoms with Crippen molar-refractivity contribution in [3.8, 4) is 11.5 Å². The molecule has 126 valence electrons. The Morgan fingerprint density at radius 3 is 2.04 bits per heavy atom. The molecule has 3 rings (SSSR count). The molecule has 0 aromatic heterocycles. The zero-order valence-corrected chi connectivity index (χ0v) is 14.9. The number of anilines is 1. The summed E-state index contributed by atoms with van der Waals surface area (Å²) in [5.41, 5.74) is 2.27. The maximum absolute atomic E-state index is 12.3. The first-order valence-electron chi connectivity index (χ1n) is 7.62. The van der Waals surface area contributed by atoms with E-state index < -0.39 is 0 Å². The molecule has 0 saturated heterocycles. The molecule has 1 amide bonds. The maximum Gasteiger partial charge on any atom is 0.255 e. The Bertz CT molecular complexity index is 891. The van der Waals surface area contributed by atoms with Crippen LogP contribution in [0.25, 0.3) is 0 Å². The summed E-state index contributed by atoms with van der Waals surface area (Å²) in [5, 5.41) is 3.61. The van der Waals surface area contributed by atoms with Gasteiger partial charge in [0.15, 0.2) is 0 Å². The number of nitrogens with one attached hydrogen (secondary N) is 1. The summed E-state index contributed by atoms with van der Waals surface area (Å²) in [6.07, 6.45) is 0. The Kier molecular flexibility index (Phi) is 5.27. The normalized spacial score (nSPS) is 10.4. The minimum Gasteiger partial charge on any atom is -0.457 e. The van der Waals surface area contributed by atoms with Crippen molar-refractivity contribution in [1.29, 1.82) is 0 Å². The molecule has 0 bridgehead atoms. The summed E-state index contributed by atoms with van der Waals surface area (Å²) < 4.78 is 5.75. The zero-order chi connectivity index (χ0) is 17.8. The summed E-state index contributed by atoms with van der Waals surface area (Å²) >= 11 is 11.8. The Morgan fingerprint density at radius 1 is 0.840 bits per heavy atom. The maximum atomic E-state index is 12.3. The van der Waals surface area contributed by atoms with Crippen molar-refractivity contribution in [3.05, 3.63) is 87.9 Å². The summed E-state index contributed by atoms with van der Waals surface area (Å²) in [6.45, 7) is 2.02. The van der Waals surface area contributed by atoms with Crippen LogP contribution in [0.1, 0.15) is 15.9 Å². The van der Waals surface area contributed by atoms with Crippen molar-refractivity contribution in [2.75, 3.05) is 5.32 Å². The van der Waals surface area contributed by atoms with Crippen molar-refractivity contribution in [2.24, 2.45) is 0 Å². The van der Waals surface area contributed by atoms with Crippen LogP contribution in [-0.2, 0) is 0 Å². The van der Waals surface area contributed by atoms with Crippen molar-refractivity contribution >= 4 is 34.8 Å². The lowest BCUT2D eigenvalue weighted by atomic mass is 10.2. The first kappa shape index (κ1) is 17.3. The van der Waals surface area contributed by atoms with Gasteiger partial charge in [0.2, 0.25) is 0 Å². The van der Waals surface area contributed by atoms with Gasteiger partial charge in [-0.1, -0.05) is 40.9 Å². The molecule has 5 heteroatoms. The van der Waals surface area contributed by atoms with E-state index in [-0.39, 0.29) is 5.91 Å². The van der Waals surface area contributed by atoms with E-state index >= 15 is 0 Å². The minimum atomic E-state index is -0.236. The first-order valence-corrected chi connectivity index (χ1v) is 8.38. The van der Waals surface area contributed by atoms with Crippen LogP contribution in [-0.4, -0.2) is 5.91 Å². The van der Waals surface area contributed by atoms with Crippen LogP contribution in [0.5, 0.6) is 11.5 Å². The molecule has 0 aliphatic rings. The molecule has 0 radical (unpaired) electrons. The summed E-state index contributed by atoms with van der Waals surface area (Å²) in [6, 6.07) is 19.6. The van der Waals surface area contributed by atoms with Crippen molar-refractivity contribution in [2.45, 2.75) is 6.92 Å². The lowest BCUT2D eigenvalue weighted by molar-refractivity contribution is 0.102. The quantitative estimate of drug-likeness (QED) is 0.580. The molecule has 0 atom stereocenters. The van der Waals surface area contributed by atoms with E-state index in [9.17, 15) is 4.79 Å². The van der Waals surface area contributed by atoms with Gasteiger partial charge in [-0.3, -0.25) is 4.79 Å². The number of carbonyl (C=O) groups is 1. The van der Waals surface area contributed by atoms with E-state index in [4.69, 9.17) is 27.9 Å². The number of amides is 1. The average Bonchev–Trinajstić information content (AvgIpc) is 2.61. The van der Waals surface area contributed by atoms with Gasteiger partial charge in [0.25, 0.3) is 5.91 Å². The molecule has 0 heterocycles. The van der Waals surface area contributed by atoms with Gasteiger partial charge in [-0.25, -0.2) is 0 Å². The molecular weight excluding hydrogens is 357 g/mol. The molecule has 3 aromatic rings. The molecule has 0 spiro atoms. The van der Waals surface area contributed by atoms with Crippen LogP contribution in [0, 0.1) is 6.92 Å². The molecule has 0 fully saturated rings. The number of hydrogen-bond acceptors (Lipinski definition) is 2. The topological polar surface area (TPSA) is 38.3 Å². The van der Waals surface area contributed by atoms with Crippen molar-refractivity contribution in [3.63, 3.8) is 0 Å². The third kappa shape index (κ3) is 4.53. The van der Waals surface area contributed by atoms with E-state index in [2.05, 4.69) is 5.32 Å². The van der Waals surface area contributed by atoms with Crippen LogP contribution in [0.3, 0.4) is 0 Å². The van der Waals surface area contributed by atoms with Gasteiger partial charge in [-0.2, -0.15) is 0 Å². The number of halogens is 2. The fourth-order valence-corrected chi connectivity index (χ4v) is 2.49. The SMILES string of the molecule is Cc1ccc(Oc2ccc(C(=O)Nc3ccc(Cl)c(Cl)c3)cc2)cc1. The molecular formula is C20H15Cl2NO2. The number of carbonyl (C=O) groups excluding carboxylic acids is 1. The number of hydrogen-bond donors (Lipinski definition) is 1. The predicted octanol–water partition coefficient (Wildman–Crippen LogP) is 6.35. The third-order valence-corrected chi connectivity index (χ3v) is 4.29. The molecule has 0 unspecified atom stereocenters. The minimum absolute atomic E-state index is 0.236. The van der Waals surface area contributed by atoms with Gasteiger partial charge < -0.3 is 10.1 Å². The summed E-state index contributed by atoms with van der Waals surface area (Å²) in [4.78, 5) is 12.3. The first-order chi connectivity index (χ1) is 12.0. The van der Waals surface area contributed by atoms with Crippen molar-refractivity contribution < 1.29 is 9.53 Å². The standard InChI is InChI=1S/C20H15Cl2NO2/c1-13-2-7-16(8-3-13)25-17-9-4-14(5-10-17)20(24)23-15-6-11-18(21)19(22)12-15/h2-12H,1H3,(H,23,24). The summed E-state index contributed by atoms with van der Waals surface area (Å²) in [7, 11) is 0. The zero-order valence-electron chi connectivity index (χ0n) is 13.4.